The maximum atomic E-state index is 11.0. The molecule has 0 radical (unpaired) electrons. The molecule has 0 heterocycles. The Morgan fingerprint density at radius 2 is 1.33 bits per heavy atom. The molecule has 2 rings (SSSR count). The number of hydrogen-bond donors (Lipinski definition) is 0. The molecule has 124 valence electrons. The molecule has 0 aliphatic carbocycles. The van der Waals surface area contributed by atoms with Gasteiger partial charge in [0.1, 0.15) is 24.7 Å². The van der Waals surface area contributed by atoms with Crippen LogP contribution in [0, 0.1) is 0 Å². The molecule has 0 aliphatic rings. The summed E-state index contributed by atoms with van der Waals surface area (Å²) < 4.78 is 15.6. The Balaban J connectivity index is 1.90. The zero-order valence-electron chi connectivity index (χ0n) is 13.4. The van der Waals surface area contributed by atoms with Gasteiger partial charge < -0.3 is 14.2 Å². The largest absolute Gasteiger partial charge is 0.461 e. The molecule has 0 unspecified atom stereocenters. The van der Waals surface area contributed by atoms with Gasteiger partial charge >= 0.3 is 11.9 Å². The third kappa shape index (κ3) is 5.61. The quantitative estimate of drug-likeness (QED) is 0.572. The molecular weight excluding hydrogens is 308 g/mol. The molecule has 0 atom stereocenters. The highest BCUT2D eigenvalue weighted by Crippen LogP contribution is 2.22. The predicted molar refractivity (Wildman–Crippen MR) is 88.4 cm³/mol. The Morgan fingerprint density at radius 3 is 1.75 bits per heavy atom. The Labute approximate surface area is 140 Å². The molecule has 0 saturated carbocycles. The first-order chi connectivity index (χ1) is 11.6. The van der Waals surface area contributed by atoms with Gasteiger partial charge in [-0.1, -0.05) is 30.8 Å². The number of carbonyl (C=O) groups is 2. The summed E-state index contributed by atoms with van der Waals surface area (Å²) in [4.78, 5) is 21.8. The van der Waals surface area contributed by atoms with Crippen molar-refractivity contribution < 1.29 is 23.8 Å². The van der Waals surface area contributed by atoms with Crippen LogP contribution in [0.2, 0.25) is 0 Å². The lowest BCUT2D eigenvalue weighted by Gasteiger charge is -2.08. The summed E-state index contributed by atoms with van der Waals surface area (Å²) in [7, 11) is 0. The molecule has 2 aromatic carbocycles. The fourth-order valence-corrected chi connectivity index (χ4v) is 1.84. The molecule has 0 aromatic heterocycles. The molecule has 2 aromatic rings. The minimum absolute atomic E-state index is 0.190. The Hall–Kier alpha value is -3.08. The van der Waals surface area contributed by atoms with E-state index in [1.54, 1.807) is 24.3 Å². The van der Waals surface area contributed by atoms with E-state index in [1.165, 1.54) is 6.92 Å². The molecule has 5 nitrogen and oxygen atoms in total. The maximum absolute atomic E-state index is 11.0. The van der Waals surface area contributed by atoms with Gasteiger partial charge in [-0.3, -0.25) is 4.79 Å². The Morgan fingerprint density at radius 1 is 0.875 bits per heavy atom. The van der Waals surface area contributed by atoms with Crippen LogP contribution in [0.15, 0.2) is 61.2 Å². The first-order valence-electron chi connectivity index (χ1n) is 7.35. The molecule has 0 spiro atoms. The monoisotopic (exact) mass is 326 g/mol. The molecule has 0 amide bonds. The predicted octanol–water partition coefficient (Wildman–Crippen LogP) is 3.77. The summed E-state index contributed by atoms with van der Waals surface area (Å²) in [5, 5.41) is 0. The minimum atomic E-state index is -0.454. The van der Waals surface area contributed by atoms with E-state index in [4.69, 9.17) is 14.2 Å². The second-order valence-electron chi connectivity index (χ2n) is 4.98. The van der Waals surface area contributed by atoms with Gasteiger partial charge in [-0.25, -0.2) is 4.79 Å². The van der Waals surface area contributed by atoms with Gasteiger partial charge in [-0.15, -0.1) is 0 Å². The van der Waals surface area contributed by atoms with Gasteiger partial charge in [-0.2, -0.15) is 0 Å². The van der Waals surface area contributed by atoms with Crippen LogP contribution in [0.1, 0.15) is 18.1 Å². The van der Waals surface area contributed by atoms with Crippen molar-refractivity contribution in [1.82, 2.24) is 0 Å². The number of esters is 2. The first-order valence-corrected chi connectivity index (χ1v) is 7.35. The summed E-state index contributed by atoms with van der Waals surface area (Å²) in [5.41, 5.74) is 1.74. The molecule has 5 heteroatoms. The smallest absolute Gasteiger partial charge is 0.330 e. The van der Waals surface area contributed by atoms with Crippen LogP contribution in [-0.4, -0.2) is 11.9 Å². The van der Waals surface area contributed by atoms with Gasteiger partial charge in [0.05, 0.1) is 0 Å². The fourth-order valence-electron chi connectivity index (χ4n) is 1.84. The van der Waals surface area contributed by atoms with Crippen LogP contribution in [0.3, 0.4) is 0 Å². The highest BCUT2D eigenvalue weighted by atomic mass is 16.5. The molecule has 0 saturated heterocycles. The van der Waals surface area contributed by atoms with Crippen molar-refractivity contribution in [2.24, 2.45) is 0 Å². The van der Waals surface area contributed by atoms with Crippen molar-refractivity contribution in [2.75, 3.05) is 0 Å². The number of ether oxygens (including phenoxy) is 3. The van der Waals surface area contributed by atoms with E-state index in [0.717, 1.165) is 17.2 Å². The average Bonchev–Trinajstić information content (AvgIpc) is 2.60. The summed E-state index contributed by atoms with van der Waals surface area (Å²) >= 11 is 0. The van der Waals surface area contributed by atoms with Gasteiger partial charge in [-0.05, 0) is 35.4 Å². The van der Waals surface area contributed by atoms with Crippen molar-refractivity contribution in [2.45, 2.75) is 20.1 Å². The lowest BCUT2D eigenvalue weighted by Crippen LogP contribution is -2.00. The van der Waals surface area contributed by atoms with Crippen molar-refractivity contribution in [3.63, 3.8) is 0 Å². The second-order valence-corrected chi connectivity index (χ2v) is 4.98. The fraction of sp³-hybridized carbons (Fsp3) is 0.158. The minimum Gasteiger partial charge on any atom is -0.461 e. The van der Waals surface area contributed by atoms with Crippen molar-refractivity contribution in [3.8, 4) is 11.5 Å². The molecular formula is C19H18O5. The third-order valence-corrected chi connectivity index (χ3v) is 3.07. The van der Waals surface area contributed by atoms with Gasteiger partial charge in [0.15, 0.2) is 0 Å². The van der Waals surface area contributed by atoms with Crippen LogP contribution in [-0.2, 0) is 32.3 Å². The first kappa shape index (κ1) is 17.3. The number of hydrogen-bond acceptors (Lipinski definition) is 5. The van der Waals surface area contributed by atoms with E-state index < -0.39 is 5.97 Å². The van der Waals surface area contributed by atoms with Crippen LogP contribution in [0.4, 0.5) is 0 Å². The van der Waals surface area contributed by atoms with Crippen molar-refractivity contribution >= 4 is 11.9 Å². The van der Waals surface area contributed by atoms with Crippen LogP contribution < -0.4 is 4.74 Å². The number of carbonyl (C=O) groups excluding carboxylic acids is 2. The molecule has 0 N–H and O–H groups in total. The van der Waals surface area contributed by atoms with Gasteiger partial charge in [0.2, 0.25) is 0 Å². The average molecular weight is 326 g/mol. The van der Waals surface area contributed by atoms with Crippen molar-refractivity contribution in [1.29, 1.82) is 0 Å². The second kappa shape index (κ2) is 8.53. The highest BCUT2D eigenvalue weighted by Gasteiger charge is 2.02. The number of benzene rings is 2. The summed E-state index contributed by atoms with van der Waals surface area (Å²) in [6.45, 7) is 5.15. The van der Waals surface area contributed by atoms with E-state index in [9.17, 15) is 9.59 Å². The summed E-state index contributed by atoms with van der Waals surface area (Å²) in [6, 6.07) is 14.5. The van der Waals surface area contributed by atoms with Crippen molar-refractivity contribution in [3.05, 3.63) is 72.3 Å². The van der Waals surface area contributed by atoms with Gasteiger partial charge in [0.25, 0.3) is 0 Å². The highest BCUT2D eigenvalue weighted by molar-refractivity contribution is 5.81. The van der Waals surface area contributed by atoms with E-state index in [2.05, 4.69) is 6.58 Å². The zero-order valence-corrected chi connectivity index (χ0v) is 13.4. The van der Waals surface area contributed by atoms with Crippen LogP contribution >= 0.6 is 0 Å². The lowest BCUT2D eigenvalue weighted by atomic mass is 10.2. The van der Waals surface area contributed by atoms with Crippen LogP contribution in [0.5, 0.6) is 11.5 Å². The molecule has 0 bridgehead atoms. The van der Waals surface area contributed by atoms with E-state index in [0.29, 0.717) is 11.5 Å². The normalized spacial score (nSPS) is 9.88. The third-order valence-electron chi connectivity index (χ3n) is 3.07. The van der Waals surface area contributed by atoms with E-state index in [-0.39, 0.29) is 19.2 Å². The summed E-state index contributed by atoms with van der Waals surface area (Å²) in [6.07, 6.45) is 1.13. The Bertz CT molecular complexity index is 702. The van der Waals surface area contributed by atoms with E-state index >= 15 is 0 Å². The SMILES string of the molecule is C=CC(=O)OCc1ccc(Oc2ccc(COC(C)=O)cc2)cc1. The zero-order chi connectivity index (χ0) is 17.4. The molecule has 0 fully saturated rings. The van der Waals surface area contributed by atoms with Crippen LogP contribution in [0.25, 0.3) is 0 Å². The number of rotatable bonds is 7. The Kier molecular flexibility index (Phi) is 6.14. The maximum Gasteiger partial charge on any atom is 0.330 e. The summed E-state index contributed by atoms with van der Waals surface area (Å²) in [5.74, 6) is 0.576. The topological polar surface area (TPSA) is 61.8 Å². The molecule has 0 aliphatic heterocycles. The van der Waals surface area contributed by atoms with E-state index in [1.807, 2.05) is 24.3 Å². The molecule has 24 heavy (non-hydrogen) atoms. The lowest BCUT2D eigenvalue weighted by molar-refractivity contribution is -0.142. The standard InChI is InChI=1S/C19H18O5/c1-3-19(21)23-13-16-6-10-18(11-7-16)24-17-8-4-15(5-9-17)12-22-14(2)20/h3-11H,1,12-13H2,2H3. The van der Waals surface area contributed by atoms with Gasteiger partial charge in [0, 0.05) is 13.0 Å².